The molecule has 444 valence electrons. The maximum absolute atomic E-state index is 10.5. The summed E-state index contributed by atoms with van der Waals surface area (Å²) in [6.45, 7) is 68.5. The topological polar surface area (TPSA) is 131 Å². The summed E-state index contributed by atoms with van der Waals surface area (Å²) in [4.78, 5) is 0. The average molecular weight is 1060 g/mol. The lowest BCUT2D eigenvalue weighted by Crippen LogP contribution is -2.62. The van der Waals surface area contributed by atoms with Gasteiger partial charge >= 0.3 is 0 Å². The second-order valence-electron chi connectivity index (χ2n) is 31.9. The molecule has 0 bridgehead atoms. The van der Waals surface area contributed by atoms with Gasteiger partial charge in [0.1, 0.15) is 0 Å². The molecule has 4 N–H and O–H groups in total. The van der Waals surface area contributed by atoms with E-state index in [1.807, 2.05) is 0 Å². The van der Waals surface area contributed by atoms with Gasteiger partial charge < -0.3 is 39.8 Å². The van der Waals surface area contributed by atoms with E-state index in [1.165, 1.54) is 10.1 Å². The summed E-state index contributed by atoms with van der Waals surface area (Å²) in [5, 5.41) is 47.5. The molecule has 4 aliphatic heterocycles. The molecule has 12 nitrogen and oxygen atoms in total. The lowest BCUT2D eigenvalue weighted by atomic mass is 9.77. The van der Waals surface area contributed by atoms with Gasteiger partial charge in [-0.1, -0.05) is 83.1 Å². The van der Waals surface area contributed by atoms with Crippen LogP contribution in [-0.4, -0.2) is 133 Å². The van der Waals surface area contributed by atoms with Crippen molar-refractivity contribution in [3.05, 3.63) is 0 Å². The third-order valence-electron chi connectivity index (χ3n) is 18.8. The van der Waals surface area contributed by atoms with Crippen LogP contribution < -0.4 is 0 Å². The van der Waals surface area contributed by atoms with E-state index in [2.05, 4.69) is 222 Å². The van der Waals surface area contributed by atoms with E-state index in [9.17, 15) is 20.8 Å². The van der Waals surface area contributed by atoms with Crippen LogP contribution in [0.4, 0.5) is 0 Å². The fraction of sp³-hybridized carbons (Fsp3) is 1.00. The Balaban J connectivity index is 0.000000493. The maximum atomic E-state index is 10.5. The normalized spacial score (nSPS) is 30.1. The fourth-order valence-corrected chi connectivity index (χ4v) is 11.5. The summed E-state index contributed by atoms with van der Waals surface area (Å²) in [6, 6.07) is 0. The third kappa shape index (κ3) is 19.1. The second-order valence-corrected chi connectivity index (χ2v) is 31.9. The molecule has 0 spiro atoms. The Morgan fingerprint density at radius 3 is 0.986 bits per heavy atom. The largest absolute Gasteiger partial charge is 0.375 e. The van der Waals surface area contributed by atoms with Crippen LogP contribution in [-0.2, 0) is 18.9 Å². The van der Waals surface area contributed by atoms with Crippen molar-refractivity contribution < 1.29 is 39.8 Å². The molecule has 4 fully saturated rings. The van der Waals surface area contributed by atoms with Gasteiger partial charge in [0.05, 0.1) is 47.8 Å². The highest BCUT2D eigenvalue weighted by molar-refractivity contribution is 5.02. The number of piperidine rings is 4. The number of ether oxygens (including phenoxy) is 4. The number of hydrogen-bond donors (Lipinski definition) is 4. The smallest absolute Gasteiger partial charge is 0.0678 e. The van der Waals surface area contributed by atoms with E-state index in [1.54, 1.807) is 10.1 Å². The standard InChI is InChI=1S/2C16H33NO2.2C15H31NO2/c1-13(2,3)16(8,9)19-12-10-14(4,5)17(18)15(6,7)11-12;1-9-16(8)11-13(10-14(4,5)17(16)18)19-15(6,7)12(2)3;1-11(13(2,3)4)18-12-9-14(5,6)16(17)15(7,8)10-12;1-8-15(7)10-13(18-12(4)11(2)3)9-14(5,6)16(15)17/h12,18H,10-11H2,1-9H3;12-13,18H,9-11H2,1-8H3;11-12,17H,9-10H2,1-8H3;11-13,17H,8-10H2,1-7H3. The van der Waals surface area contributed by atoms with Gasteiger partial charge in [-0.3, -0.25) is 0 Å². The quantitative estimate of drug-likeness (QED) is 0.148. The van der Waals surface area contributed by atoms with E-state index >= 15 is 0 Å². The number of hydroxylamine groups is 8. The Morgan fingerprint density at radius 2 is 0.703 bits per heavy atom. The van der Waals surface area contributed by atoms with Crippen LogP contribution in [0.1, 0.15) is 286 Å². The van der Waals surface area contributed by atoms with Gasteiger partial charge in [0.2, 0.25) is 0 Å². The molecule has 74 heavy (non-hydrogen) atoms. The molecule has 4 saturated heterocycles. The molecule has 0 saturated carbocycles. The summed E-state index contributed by atoms with van der Waals surface area (Å²) >= 11 is 0. The predicted octanol–water partition coefficient (Wildman–Crippen LogP) is 16.2. The highest BCUT2D eigenvalue weighted by Gasteiger charge is 2.51. The van der Waals surface area contributed by atoms with Gasteiger partial charge in [0, 0.05) is 44.3 Å². The van der Waals surface area contributed by atoms with Crippen LogP contribution in [0.3, 0.4) is 0 Å². The minimum absolute atomic E-state index is 0.0949. The lowest BCUT2D eigenvalue weighted by Gasteiger charge is -2.53. The Labute approximate surface area is 458 Å². The van der Waals surface area contributed by atoms with E-state index in [4.69, 9.17) is 18.9 Å². The highest BCUT2D eigenvalue weighted by Crippen LogP contribution is 2.45. The van der Waals surface area contributed by atoms with Crippen LogP contribution in [0, 0.1) is 22.7 Å². The summed E-state index contributed by atoms with van der Waals surface area (Å²) in [7, 11) is 0. The van der Waals surface area contributed by atoms with E-state index in [-0.39, 0.29) is 103 Å². The van der Waals surface area contributed by atoms with Crippen molar-refractivity contribution in [1.29, 1.82) is 0 Å². The molecule has 4 rings (SSSR count). The average Bonchev–Trinajstić information content (AvgIpc) is 3.19. The Morgan fingerprint density at radius 1 is 0.419 bits per heavy atom. The van der Waals surface area contributed by atoms with E-state index in [0.717, 1.165) is 64.2 Å². The lowest BCUT2D eigenvalue weighted by molar-refractivity contribution is -0.276. The van der Waals surface area contributed by atoms with Crippen LogP contribution in [0.25, 0.3) is 0 Å². The van der Waals surface area contributed by atoms with Gasteiger partial charge in [-0.05, 0) is 225 Å². The van der Waals surface area contributed by atoms with Crippen LogP contribution in [0.5, 0.6) is 0 Å². The molecule has 0 aliphatic carbocycles. The second kappa shape index (κ2) is 25.1. The van der Waals surface area contributed by atoms with Gasteiger partial charge in [-0.2, -0.15) is 20.3 Å². The molecule has 4 heterocycles. The van der Waals surface area contributed by atoms with Crippen molar-refractivity contribution >= 4 is 0 Å². The molecule has 12 heteroatoms. The predicted molar refractivity (Wildman–Crippen MR) is 308 cm³/mol. The molecule has 0 amide bonds. The first-order valence-corrected chi connectivity index (χ1v) is 29.3. The van der Waals surface area contributed by atoms with Crippen molar-refractivity contribution in [1.82, 2.24) is 20.3 Å². The first-order valence-electron chi connectivity index (χ1n) is 29.3. The molecule has 0 aromatic heterocycles. The van der Waals surface area contributed by atoms with Crippen molar-refractivity contribution in [3.63, 3.8) is 0 Å². The van der Waals surface area contributed by atoms with E-state index in [0.29, 0.717) is 11.8 Å². The Hall–Kier alpha value is -0.480. The van der Waals surface area contributed by atoms with Crippen molar-refractivity contribution in [2.24, 2.45) is 22.7 Å². The Bertz CT molecular complexity index is 1660. The van der Waals surface area contributed by atoms with Crippen LogP contribution in [0.15, 0.2) is 0 Å². The number of hydrogen-bond acceptors (Lipinski definition) is 12. The van der Waals surface area contributed by atoms with Crippen molar-refractivity contribution in [3.8, 4) is 0 Å². The zero-order valence-corrected chi connectivity index (χ0v) is 54.9. The highest BCUT2D eigenvalue weighted by atomic mass is 16.5. The molecular weight excluding hydrogens is 929 g/mol. The van der Waals surface area contributed by atoms with Crippen LogP contribution in [0.2, 0.25) is 0 Å². The molecular formula is C62H128N4O8. The number of nitrogens with zero attached hydrogens (tertiary/aromatic N) is 4. The monoisotopic (exact) mass is 1060 g/mol. The summed E-state index contributed by atoms with van der Waals surface area (Å²) in [6.07, 6.45) is 10.2. The zero-order chi connectivity index (χ0) is 58.8. The summed E-state index contributed by atoms with van der Waals surface area (Å²) in [5.74, 6) is 1.02. The maximum Gasteiger partial charge on any atom is 0.0678 e. The SMILES string of the molecule is CC(OC1CC(C)(C)N(O)C(C)(C)C1)C(C)(C)C.CC1(C)CC(OC(C)(C)C(C)(C)C)CC(C)(C)N1O.CCC1(C)CC(OC(C)(C)C(C)C)CC(C)(C)N1O.CCC1(C)CC(OC(C)C(C)C)CC(C)(C)N1O. The summed E-state index contributed by atoms with van der Waals surface area (Å²) in [5.41, 5.74) is -1.83. The molecule has 0 aromatic carbocycles. The van der Waals surface area contributed by atoms with Crippen molar-refractivity contribution in [2.45, 2.75) is 378 Å². The minimum atomic E-state index is -0.250. The zero-order valence-electron chi connectivity index (χ0n) is 54.9. The first-order chi connectivity index (χ1) is 32.6. The molecule has 6 atom stereocenters. The Kier molecular flexibility index (Phi) is 24.3. The molecule has 0 aromatic rings. The van der Waals surface area contributed by atoms with Gasteiger partial charge in [-0.15, -0.1) is 0 Å². The molecule has 0 radical (unpaired) electrons. The van der Waals surface area contributed by atoms with Gasteiger partial charge in [0.15, 0.2) is 0 Å². The molecule has 4 aliphatic rings. The third-order valence-corrected chi connectivity index (χ3v) is 18.8. The van der Waals surface area contributed by atoms with E-state index < -0.39 is 0 Å². The first kappa shape index (κ1) is 71.5. The van der Waals surface area contributed by atoms with Crippen molar-refractivity contribution in [2.75, 3.05) is 0 Å². The summed E-state index contributed by atoms with van der Waals surface area (Å²) < 4.78 is 25.2. The van der Waals surface area contributed by atoms with Gasteiger partial charge in [0.25, 0.3) is 0 Å². The van der Waals surface area contributed by atoms with Crippen LogP contribution >= 0.6 is 0 Å². The molecule has 6 unspecified atom stereocenters. The fourth-order valence-electron chi connectivity index (χ4n) is 11.5. The minimum Gasteiger partial charge on any atom is -0.375 e. The number of rotatable bonds is 12. The van der Waals surface area contributed by atoms with Gasteiger partial charge in [-0.25, -0.2) is 0 Å².